The number of benzene rings is 1. The van der Waals surface area contributed by atoms with Crippen molar-refractivity contribution in [3.05, 3.63) is 41.8 Å². The van der Waals surface area contributed by atoms with Gasteiger partial charge in [0.25, 0.3) is 0 Å². The lowest BCUT2D eigenvalue weighted by molar-refractivity contribution is 0.409. The standard InChI is InChI=1S/C12H13FN4O/c13-8-3-1-7(2-4-8)11-5-10(17-18-11)9-6-12(14)16-15-9/h1-5,9,12,15-16H,6,14H2. The van der Waals surface area contributed by atoms with E-state index >= 15 is 0 Å². The van der Waals surface area contributed by atoms with Gasteiger partial charge >= 0.3 is 0 Å². The average molecular weight is 248 g/mol. The summed E-state index contributed by atoms with van der Waals surface area (Å²) >= 11 is 0. The monoisotopic (exact) mass is 248 g/mol. The second-order valence-electron chi connectivity index (χ2n) is 4.31. The molecule has 2 unspecified atom stereocenters. The van der Waals surface area contributed by atoms with Crippen LogP contribution in [0.1, 0.15) is 18.2 Å². The quantitative estimate of drug-likeness (QED) is 0.747. The van der Waals surface area contributed by atoms with Gasteiger partial charge in [0.05, 0.1) is 12.2 Å². The summed E-state index contributed by atoms with van der Waals surface area (Å²) in [5.74, 6) is 0.346. The number of aromatic nitrogens is 1. The van der Waals surface area contributed by atoms with Gasteiger partial charge in [-0.15, -0.1) is 0 Å². The smallest absolute Gasteiger partial charge is 0.167 e. The number of nitrogens with one attached hydrogen (secondary N) is 2. The van der Waals surface area contributed by atoms with E-state index < -0.39 is 0 Å². The Morgan fingerprint density at radius 2 is 2.06 bits per heavy atom. The fourth-order valence-electron chi connectivity index (χ4n) is 1.98. The summed E-state index contributed by atoms with van der Waals surface area (Å²) in [5.41, 5.74) is 13.3. The Morgan fingerprint density at radius 1 is 1.28 bits per heavy atom. The van der Waals surface area contributed by atoms with Crippen LogP contribution in [0.4, 0.5) is 4.39 Å². The van der Waals surface area contributed by atoms with Crippen LogP contribution in [-0.4, -0.2) is 11.3 Å². The Balaban J connectivity index is 1.83. The van der Waals surface area contributed by atoms with Crippen LogP contribution in [0.3, 0.4) is 0 Å². The molecule has 1 aliphatic rings. The molecule has 94 valence electrons. The number of hydrazine groups is 1. The van der Waals surface area contributed by atoms with Gasteiger partial charge in [0.1, 0.15) is 11.5 Å². The highest BCUT2D eigenvalue weighted by Crippen LogP contribution is 2.26. The highest BCUT2D eigenvalue weighted by atomic mass is 19.1. The maximum Gasteiger partial charge on any atom is 0.167 e. The minimum Gasteiger partial charge on any atom is -0.356 e. The molecule has 1 aromatic carbocycles. The molecule has 5 nitrogen and oxygen atoms in total. The zero-order chi connectivity index (χ0) is 12.5. The largest absolute Gasteiger partial charge is 0.356 e. The van der Waals surface area contributed by atoms with Crippen LogP contribution in [0.25, 0.3) is 11.3 Å². The molecule has 2 heterocycles. The lowest BCUT2D eigenvalue weighted by atomic mass is 10.1. The predicted molar refractivity (Wildman–Crippen MR) is 63.5 cm³/mol. The fraction of sp³-hybridized carbons (Fsp3) is 0.250. The maximum absolute atomic E-state index is 12.8. The fourth-order valence-corrected chi connectivity index (χ4v) is 1.98. The van der Waals surface area contributed by atoms with Gasteiger partial charge < -0.3 is 10.3 Å². The Hall–Kier alpha value is -1.76. The first kappa shape index (κ1) is 11.3. The third kappa shape index (κ3) is 2.13. The summed E-state index contributed by atoms with van der Waals surface area (Å²) in [6.45, 7) is 0. The Labute approximate surface area is 103 Å². The van der Waals surface area contributed by atoms with Crippen molar-refractivity contribution in [1.82, 2.24) is 16.0 Å². The molecule has 2 aromatic rings. The topological polar surface area (TPSA) is 76.1 Å². The summed E-state index contributed by atoms with van der Waals surface area (Å²) in [4.78, 5) is 0. The summed E-state index contributed by atoms with van der Waals surface area (Å²) in [7, 11) is 0. The third-order valence-corrected chi connectivity index (χ3v) is 2.95. The number of nitrogens with two attached hydrogens (primary N) is 1. The molecule has 1 aromatic heterocycles. The Bertz CT molecular complexity index is 539. The third-order valence-electron chi connectivity index (χ3n) is 2.95. The Morgan fingerprint density at radius 3 is 2.72 bits per heavy atom. The normalized spacial score (nSPS) is 23.4. The van der Waals surface area contributed by atoms with Crippen LogP contribution in [0.15, 0.2) is 34.9 Å². The number of hydrogen-bond acceptors (Lipinski definition) is 5. The lowest BCUT2D eigenvalue weighted by Gasteiger charge is -2.02. The molecule has 0 radical (unpaired) electrons. The van der Waals surface area contributed by atoms with E-state index in [-0.39, 0.29) is 18.0 Å². The van der Waals surface area contributed by atoms with Crippen molar-refractivity contribution < 1.29 is 8.91 Å². The molecule has 0 amide bonds. The summed E-state index contributed by atoms with van der Waals surface area (Å²) in [5, 5.41) is 4.00. The number of hydrogen-bond donors (Lipinski definition) is 3. The molecule has 1 aliphatic heterocycles. The lowest BCUT2D eigenvalue weighted by Crippen LogP contribution is -2.36. The van der Waals surface area contributed by atoms with Crippen molar-refractivity contribution in [3.8, 4) is 11.3 Å². The molecule has 18 heavy (non-hydrogen) atoms. The van der Waals surface area contributed by atoms with Crippen LogP contribution < -0.4 is 16.6 Å². The van der Waals surface area contributed by atoms with E-state index in [0.29, 0.717) is 5.76 Å². The predicted octanol–water partition coefficient (Wildman–Crippen LogP) is 1.30. The van der Waals surface area contributed by atoms with E-state index in [1.165, 1.54) is 12.1 Å². The molecule has 4 N–H and O–H groups in total. The van der Waals surface area contributed by atoms with Crippen LogP contribution >= 0.6 is 0 Å². The SMILES string of the molecule is NC1CC(c2cc(-c3ccc(F)cc3)on2)NN1. The second-order valence-corrected chi connectivity index (χ2v) is 4.31. The number of halogens is 1. The highest BCUT2D eigenvalue weighted by Gasteiger charge is 2.25. The molecule has 0 saturated carbocycles. The van der Waals surface area contributed by atoms with Gasteiger partial charge in [0.15, 0.2) is 5.76 Å². The van der Waals surface area contributed by atoms with Crippen LogP contribution in [-0.2, 0) is 0 Å². The van der Waals surface area contributed by atoms with E-state index in [2.05, 4.69) is 16.0 Å². The maximum atomic E-state index is 12.8. The first-order valence-corrected chi connectivity index (χ1v) is 5.71. The van der Waals surface area contributed by atoms with E-state index in [0.717, 1.165) is 17.7 Å². The van der Waals surface area contributed by atoms with Gasteiger partial charge in [0, 0.05) is 11.6 Å². The van der Waals surface area contributed by atoms with Crippen molar-refractivity contribution in [1.29, 1.82) is 0 Å². The van der Waals surface area contributed by atoms with E-state index in [1.54, 1.807) is 12.1 Å². The van der Waals surface area contributed by atoms with Crippen LogP contribution in [0, 0.1) is 5.82 Å². The van der Waals surface area contributed by atoms with E-state index in [9.17, 15) is 4.39 Å². The number of nitrogens with zero attached hydrogens (tertiary/aromatic N) is 1. The molecule has 0 aliphatic carbocycles. The van der Waals surface area contributed by atoms with E-state index in [1.807, 2.05) is 6.07 Å². The first-order valence-electron chi connectivity index (χ1n) is 5.71. The van der Waals surface area contributed by atoms with Crippen LogP contribution in [0.2, 0.25) is 0 Å². The van der Waals surface area contributed by atoms with Crippen LogP contribution in [0.5, 0.6) is 0 Å². The van der Waals surface area contributed by atoms with Gasteiger partial charge in [0.2, 0.25) is 0 Å². The molecule has 3 rings (SSSR count). The summed E-state index contributed by atoms with van der Waals surface area (Å²) in [6.07, 6.45) is 0.663. The van der Waals surface area contributed by atoms with Gasteiger partial charge in [-0.25, -0.2) is 15.2 Å². The van der Waals surface area contributed by atoms with E-state index in [4.69, 9.17) is 10.3 Å². The molecule has 0 bridgehead atoms. The molecular weight excluding hydrogens is 235 g/mol. The molecule has 6 heteroatoms. The van der Waals surface area contributed by atoms with Gasteiger partial charge in [-0.05, 0) is 30.7 Å². The average Bonchev–Trinajstić information content (AvgIpc) is 2.98. The number of rotatable bonds is 2. The Kier molecular flexibility index (Phi) is 2.83. The van der Waals surface area contributed by atoms with Gasteiger partial charge in [-0.3, -0.25) is 0 Å². The zero-order valence-corrected chi connectivity index (χ0v) is 9.56. The summed E-state index contributed by atoms with van der Waals surface area (Å²) in [6, 6.07) is 7.98. The van der Waals surface area contributed by atoms with Gasteiger partial charge in [-0.2, -0.15) is 0 Å². The van der Waals surface area contributed by atoms with Crippen molar-refractivity contribution in [2.75, 3.05) is 0 Å². The highest BCUT2D eigenvalue weighted by molar-refractivity contribution is 5.57. The minimum atomic E-state index is -0.272. The molecule has 2 atom stereocenters. The second kappa shape index (κ2) is 4.49. The van der Waals surface area contributed by atoms with Crippen molar-refractivity contribution >= 4 is 0 Å². The zero-order valence-electron chi connectivity index (χ0n) is 9.56. The van der Waals surface area contributed by atoms with Crippen molar-refractivity contribution in [3.63, 3.8) is 0 Å². The molecule has 1 fully saturated rings. The first-order chi connectivity index (χ1) is 8.72. The molecular formula is C12H13FN4O. The minimum absolute atomic E-state index is 0.0398. The van der Waals surface area contributed by atoms with Crippen molar-refractivity contribution in [2.24, 2.45) is 5.73 Å². The van der Waals surface area contributed by atoms with Gasteiger partial charge in [-0.1, -0.05) is 5.16 Å². The van der Waals surface area contributed by atoms with Crippen molar-refractivity contribution in [2.45, 2.75) is 18.6 Å². The summed E-state index contributed by atoms with van der Waals surface area (Å²) < 4.78 is 18.1. The molecule has 0 spiro atoms. The molecule has 1 saturated heterocycles.